The molecule has 0 aliphatic rings. The van der Waals surface area contributed by atoms with Crippen LogP contribution in [0, 0.1) is 5.41 Å². The lowest BCUT2D eigenvalue weighted by Crippen LogP contribution is -2.38. The molecule has 0 amide bonds. The number of hydrogen-bond donors (Lipinski definition) is 2. The number of thioether (sulfide) groups is 1. The number of phenolic OH excluding ortho intramolecular Hbond substituents is 2. The lowest BCUT2D eigenvalue weighted by Gasteiger charge is -2.35. The first-order valence-corrected chi connectivity index (χ1v) is 42.9. The third kappa shape index (κ3) is 32.8. The van der Waals surface area contributed by atoms with Gasteiger partial charge >= 0.3 is 18.0 Å². The molecule has 102 heavy (non-hydrogen) atoms. The highest BCUT2D eigenvalue weighted by molar-refractivity contribution is 7.99. The molecule has 580 valence electrons. The maximum atomic E-state index is 16.8. The van der Waals surface area contributed by atoms with Crippen molar-refractivity contribution in [3.63, 3.8) is 0 Å². The molecule has 1 aromatic heterocycles. The summed E-state index contributed by atoms with van der Waals surface area (Å²) in [5, 5.41) is 24.7. The second kappa shape index (κ2) is 44.7. The molecule has 0 fully saturated rings. The highest BCUT2D eigenvalue weighted by atomic mass is 32.2. The van der Waals surface area contributed by atoms with E-state index in [2.05, 4.69) is 170 Å². The Kier molecular flexibility index (Phi) is 39.5. The molecule has 0 aliphatic carbocycles. The van der Waals surface area contributed by atoms with Crippen LogP contribution in [0.15, 0.2) is 41.6 Å². The second-order valence-corrected chi connectivity index (χ2v) is 38.3. The Balaban J connectivity index is 1.88. The van der Waals surface area contributed by atoms with Crippen LogP contribution in [0.4, 0.5) is 0 Å². The zero-order valence-electron chi connectivity index (χ0n) is 69.9. The minimum Gasteiger partial charge on any atom is -0.507 e. The number of esters is 1. The van der Waals surface area contributed by atoms with Crippen molar-refractivity contribution in [2.24, 2.45) is 5.41 Å². The van der Waals surface area contributed by atoms with Crippen LogP contribution < -0.4 is 14.2 Å². The van der Waals surface area contributed by atoms with Crippen LogP contribution in [0.25, 0.3) is 0 Å². The van der Waals surface area contributed by atoms with Crippen molar-refractivity contribution in [3.8, 4) is 40.8 Å². The van der Waals surface area contributed by atoms with E-state index in [0.717, 1.165) is 96.1 Å². The number of nitrogens with zero attached hydrogens (tertiary/aromatic N) is 3. The van der Waals surface area contributed by atoms with E-state index in [1.807, 2.05) is 12.1 Å². The Bertz CT molecular complexity index is 2940. The van der Waals surface area contributed by atoms with Gasteiger partial charge in [0.1, 0.15) is 5.75 Å². The summed E-state index contributed by atoms with van der Waals surface area (Å²) in [4.78, 5) is 31.7. The van der Waals surface area contributed by atoms with Gasteiger partial charge in [-0.05, 0) is 98.1 Å². The molecular weight excluding hydrogens is 1280 g/mol. The smallest absolute Gasteiger partial charge is 0.329 e. The third-order valence-electron chi connectivity index (χ3n) is 21.2. The van der Waals surface area contributed by atoms with Gasteiger partial charge in [0.25, 0.3) is 0 Å². The molecule has 2 N–H and O–H groups in total. The molecule has 10 heteroatoms. The number of hydrogen-bond acceptors (Lipinski definition) is 10. The van der Waals surface area contributed by atoms with Gasteiger partial charge in [0.05, 0.1) is 5.41 Å². The van der Waals surface area contributed by atoms with Gasteiger partial charge in [-0.15, -0.1) is 4.98 Å². The fourth-order valence-corrected chi connectivity index (χ4v) is 15.1. The summed E-state index contributed by atoms with van der Waals surface area (Å²) < 4.78 is 21.3. The Morgan fingerprint density at radius 2 is 0.657 bits per heavy atom. The van der Waals surface area contributed by atoms with Crippen LogP contribution in [0.5, 0.6) is 40.8 Å². The molecule has 0 atom stereocenters. The maximum absolute atomic E-state index is 16.8. The number of aromatic nitrogens is 3. The van der Waals surface area contributed by atoms with Gasteiger partial charge in [-0.2, -0.15) is 9.97 Å². The number of ether oxygens (including phenoxy) is 3. The molecule has 1 heterocycles. The number of phenols is 2. The van der Waals surface area contributed by atoms with E-state index in [0.29, 0.717) is 41.7 Å². The predicted molar refractivity (Wildman–Crippen MR) is 439 cm³/mol. The van der Waals surface area contributed by atoms with E-state index in [9.17, 15) is 10.2 Å². The number of rotatable bonds is 50. The van der Waals surface area contributed by atoms with Crippen molar-refractivity contribution < 1.29 is 29.2 Å². The topological polar surface area (TPSA) is 124 Å². The molecule has 0 saturated heterocycles. The van der Waals surface area contributed by atoms with Gasteiger partial charge in [-0.25, -0.2) is 0 Å². The number of carbonyl (C=O) groups excluding carboxylic acids is 1. The Morgan fingerprint density at radius 1 is 0.353 bits per heavy atom. The zero-order chi connectivity index (χ0) is 75.6. The van der Waals surface area contributed by atoms with Crippen LogP contribution >= 0.6 is 11.8 Å². The van der Waals surface area contributed by atoms with E-state index < -0.39 is 16.2 Å². The van der Waals surface area contributed by atoms with E-state index in [4.69, 9.17) is 29.2 Å². The van der Waals surface area contributed by atoms with Gasteiger partial charge in [0.15, 0.2) is 28.2 Å². The lowest BCUT2D eigenvalue weighted by molar-refractivity contribution is -0.147. The van der Waals surface area contributed by atoms with E-state index in [-0.39, 0.29) is 51.1 Å². The lowest BCUT2D eigenvalue weighted by atomic mass is 9.71. The van der Waals surface area contributed by atoms with Crippen LogP contribution in [0.2, 0.25) is 0 Å². The molecule has 3 aromatic carbocycles. The van der Waals surface area contributed by atoms with Crippen molar-refractivity contribution in [1.29, 1.82) is 0 Å². The Labute approximate surface area is 631 Å². The molecule has 0 saturated carbocycles. The van der Waals surface area contributed by atoms with Gasteiger partial charge < -0.3 is 24.4 Å². The molecule has 4 aromatic rings. The number of carbonyl (C=O) groups is 1. The monoisotopic (exact) mass is 1430 g/mol. The van der Waals surface area contributed by atoms with Crippen LogP contribution in [-0.2, 0) is 43.7 Å². The average molecular weight is 1430 g/mol. The van der Waals surface area contributed by atoms with Gasteiger partial charge in [-0.1, -0.05) is 419 Å². The largest absolute Gasteiger partial charge is 0.507 e. The molecule has 0 spiro atoms. The molecule has 0 unspecified atom stereocenters. The van der Waals surface area contributed by atoms with E-state index in [1.54, 1.807) is 11.8 Å². The predicted octanol–water partition coefficient (Wildman–Crippen LogP) is 29.5. The van der Waals surface area contributed by atoms with Crippen molar-refractivity contribution >= 4 is 17.7 Å². The molecule has 9 nitrogen and oxygen atoms in total. The number of benzene rings is 3. The standard InChI is InChI=1S/C92H155N3O6S/c1-22-25-28-31-34-36-38-40-42-44-46-48-50-52-54-57-60-92(69-70-63-73(88(10,11)12)79(96)74(64-70)89(13,14)15,61-58-55-53-51-49-47-45-43-41-39-37-35-32-29-26-23-2)82(98)101-81-76(91(19,20)21)66-72(87(7,8)9)68-78(81)100-84-93-83(94-85(95-84)102-62-59-56-33-30-27-24-3)99-77-67-71(86(4,5)6)65-75(80(77)97)90(16,17)18/h63-68,96-97H,22-62,69H2,1-21H3. The summed E-state index contributed by atoms with van der Waals surface area (Å²) in [6.07, 6.45) is 49.7. The zero-order valence-corrected chi connectivity index (χ0v) is 70.8. The fourth-order valence-electron chi connectivity index (χ4n) is 14.3. The van der Waals surface area contributed by atoms with Gasteiger partial charge in [-0.3, -0.25) is 4.79 Å². The SMILES string of the molecule is CCCCCCCCCCCCCCCCCCC(CCCCCCCCCCCCCCCCCC)(Cc1cc(C(C)(C)C)c(O)c(C(C)(C)C)c1)C(=O)Oc1c(Oc2nc(Oc3cc(C(C)(C)C)cc(C(C)(C)C)c3O)nc(SCCCCCCCC)n2)cc(C(C)(C)C)cc1C(C)(C)C. The summed E-state index contributed by atoms with van der Waals surface area (Å²) in [6, 6.07) is 12.6. The minimum absolute atomic E-state index is 0.00278. The normalized spacial score (nSPS) is 12.8. The molecule has 0 radical (unpaired) electrons. The Hall–Kier alpha value is -4.31. The highest BCUT2D eigenvalue weighted by Gasteiger charge is 2.43. The summed E-state index contributed by atoms with van der Waals surface area (Å²) in [5.74, 6) is 1.92. The van der Waals surface area contributed by atoms with Crippen LogP contribution in [-0.4, -0.2) is 36.9 Å². The highest BCUT2D eigenvalue weighted by Crippen LogP contribution is 2.49. The van der Waals surface area contributed by atoms with Gasteiger partial charge in [0.2, 0.25) is 0 Å². The second-order valence-electron chi connectivity index (χ2n) is 37.2. The van der Waals surface area contributed by atoms with Crippen molar-refractivity contribution in [1.82, 2.24) is 15.0 Å². The van der Waals surface area contributed by atoms with Crippen LogP contribution in [0.1, 0.15) is 441 Å². The van der Waals surface area contributed by atoms with Crippen molar-refractivity contribution in [3.05, 3.63) is 75.3 Å². The summed E-state index contributed by atoms with van der Waals surface area (Å²) in [7, 11) is 0. The summed E-state index contributed by atoms with van der Waals surface area (Å²) in [6.45, 7) is 45.9. The van der Waals surface area contributed by atoms with Crippen molar-refractivity contribution in [2.45, 2.75) is 446 Å². The molecule has 4 rings (SSSR count). The van der Waals surface area contributed by atoms with E-state index in [1.165, 1.54) is 193 Å². The van der Waals surface area contributed by atoms with Crippen LogP contribution in [0.3, 0.4) is 0 Å². The number of aromatic hydroxyl groups is 2. The maximum Gasteiger partial charge on any atom is 0.329 e. The van der Waals surface area contributed by atoms with Crippen molar-refractivity contribution in [2.75, 3.05) is 5.75 Å². The Morgan fingerprint density at radius 3 is 1.00 bits per heavy atom. The minimum atomic E-state index is -0.924. The molecule has 0 aliphatic heterocycles. The summed E-state index contributed by atoms with van der Waals surface area (Å²) in [5.41, 5.74) is 3.40. The fraction of sp³-hybridized carbons (Fsp3) is 0.761. The third-order valence-corrected chi connectivity index (χ3v) is 22.1. The average Bonchev–Trinajstić information content (AvgIpc) is 0.754. The molecule has 0 bridgehead atoms. The first-order chi connectivity index (χ1) is 48.0. The first-order valence-electron chi connectivity index (χ1n) is 42.0. The first kappa shape index (κ1) is 90.1. The van der Waals surface area contributed by atoms with E-state index >= 15 is 4.79 Å². The van der Waals surface area contributed by atoms with Gasteiger partial charge in [0, 0.05) is 16.9 Å². The molecular formula is C92H155N3O6S. The number of unbranched alkanes of at least 4 members (excludes halogenated alkanes) is 35. The summed E-state index contributed by atoms with van der Waals surface area (Å²) >= 11 is 1.55. The quantitative estimate of drug-likeness (QED) is 0.0191.